The van der Waals surface area contributed by atoms with E-state index in [-0.39, 0.29) is 0 Å². The summed E-state index contributed by atoms with van der Waals surface area (Å²) in [5.41, 5.74) is 0. The Bertz CT molecular complexity index is 495. The van der Waals surface area contributed by atoms with Crippen LogP contribution in [0.25, 0.3) is 0 Å². The Hall–Kier alpha value is -0.980. The van der Waals surface area contributed by atoms with Gasteiger partial charge in [0.25, 0.3) is 0 Å². The van der Waals surface area contributed by atoms with E-state index in [0.29, 0.717) is 5.92 Å². The molecule has 0 saturated carbocycles. The fourth-order valence-corrected chi connectivity index (χ4v) is 2.79. The highest BCUT2D eigenvalue weighted by atomic mass is 35.5. The highest BCUT2D eigenvalue weighted by Gasteiger charge is 2.20. The zero-order chi connectivity index (χ0) is 17.9. The van der Waals surface area contributed by atoms with E-state index in [4.69, 9.17) is 16.6 Å². The summed E-state index contributed by atoms with van der Waals surface area (Å²) in [7, 11) is 4.09. The molecule has 7 heteroatoms. The number of nitrogens with zero attached hydrogens (tertiary/aromatic N) is 4. The minimum Gasteiger partial charge on any atom is -0.308 e. The van der Waals surface area contributed by atoms with Gasteiger partial charge in [0, 0.05) is 28.6 Å². The molecule has 1 aliphatic rings. The van der Waals surface area contributed by atoms with Crippen molar-refractivity contribution in [2.45, 2.75) is 33.6 Å². The third-order valence-electron chi connectivity index (χ3n) is 3.50. The molecule has 0 saturated heterocycles. The third kappa shape index (κ3) is 7.73. The van der Waals surface area contributed by atoms with E-state index in [1.807, 2.05) is 38.3 Å². The summed E-state index contributed by atoms with van der Waals surface area (Å²) in [6.07, 6.45) is 8.21. The molecule has 0 aromatic rings. The van der Waals surface area contributed by atoms with Crippen LogP contribution in [0.5, 0.6) is 0 Å². The number of guanidine groups is 1. The van der Waals surface area contributed by atoms with E-state index in [0.717, 1.165) is 48.4 Å². The number of hydrazone groups is 1. The van der Waals surface area contributed by atoms with Gasteiger partial charge in [0.15, 0.2) is 0 Å². The van der Waals surface area contributed by atoms with E-state index in [2.05, 4.69) is 34.6 Å². The van der Waals surface area contributed by atoms with Crippen LogP contribution in [0.3, 0.4) is 0 Å². The molecule has 0 spiro atoms. The normalized spacial score (nSPS) is 19.5. The van der Waals surface area contributed by atoms with Gasteiger partial charge in [-0.1, -0.05) is 31.5 Å². The molecule has 136 valence electrons. The molecule has 1 aliphatic heterocycles. The summed E-state index contributed by atoms with van der Waals surface area (Å²) in [4.78, 5) is 7.81. The van der Waals surface area contributed by atoms with E-state index in [1.54, 1.807) is 0 Å². The molecule has 1 unspecified atom stereocenters. The second kappa shape index (κ2) is 11.6. The summed E-state index contributed by atoms with van der Waals surface area (Å²) in [6.45, 7) is 8.68. The molecule has 0 aliphatic carbocycles. The van der Waals surface area contributed by atoms with Gasteiger partial charge in [-0.05, 0) is 51.9 Å². The first-order valence-corrected chi connectivity index (χ1v) is 9.63. The second-order valence-corrected chi connectivity index (χ2v) is 7.35. The van der Waals surface area contributed by atoms with Gasteiger partial charge in [0.1, 0.15) is 0 Å². The molecule has 24 heavy (non-hydrogen) atoms. The molecule has 0 aromatic carbocycles. The number of hydrogen-bond donors (Lipinski definition) is 1. The molecule has 1 rings (SSSR count). The first kappa shape index (κ1) is 21.1. The molecule has 0 radical (unpaired) electrons. The van der Waals surface area contributed by atoms with Crippen LogP contribution in [0.1, 0.15) is 33.6 Å². The minimum absolute atomic E-state index is 0.487. The highest BCUT2D eigenvalue weighted by Crippen LogP contribution is 2.22. The van der Waals surface area contributed by atoms with Crippen molar-refractivity contribution >= 4 is 35.7 Å². The van der Waals surface area contributed by atoms with Gasteiger partial charge in [0.05, 0.1) is 13.1 Å². The summed E-state index contributed by atoms with van der Waals surface area (Å²) < 4.78 is 3.34. The van der Waals surface area contributed by atoms with E-state index < -0.39 is 0 Å². The Morgan fingerprint density at radius 1 is 1.50 bits per heavy atom. The van der Waals surface area contributed by atoms with E-state index in [9.17, 15) is 0 Å². The monoisotopic (exact) mass is 371 g/mol. The maximum absolute atomic E-state index is 6.19. The van der Waals surface area contributed by atoms with Gasteiger partial charge in [-0.3, -0.25) is 4.72 Å². The first-order valence-electron chi connectivity index (χ1n) is 8.44. The topological polar surface area (TPSA) is 43.2 Å². The first-order chi connectivity index (χ1) is 11.5. The van der Waals surface area contributed by atoms with E-state index in [1.165, 1.54) is 11.9 Å². The summed E-state index contributed by atoms with van der Waals surface area (Å²) in [5, 5.41) is 7.20. The number of aliphatic imine (C=N–C) groups is 1. The van der Waals surface area contributed by atoms with Crippen molar-refractivity contribution in [1.82, 2.24) is 14.6 Å². The van der Waals surface area contributed by atoms with Crippen LogP contribution in [0.15, 0.2) is 32.2 Å². The van der Waals surface area contributed by atoms with Gasteiger partial charge >= 0.3 is 0 Å². The lowest BCUT2D eigenvalue weighted by atomic mass is 10.1. The summed E-state index contributed by atoms with van der Waals surface area (Å²) in [5.74, 6) is 1.27. The fraction of sp³-hybridized carbons (Fsp3) is 0.647. The van der Waals surface area contributed by atoms with Crippen molar-refractivity contribution in [2.75, 3.05) is 33.7 Å². The predicted octanol–water partition coefficient (Wildman–Crippen LogP) is 3.91. The number of allylic oxidation sites excluding steroid dienone is 3. The largest absolute Gasteiger partial charge is 0.308 e. The van der Waals surface area contributed by atoms with Gasteiger partial charge in [0.2, 0.25) is 5.96 Å². The minimum atomic E-state index is 0.487. The van der Waals surface area contributed by atoms with Crippen molar-refractivity contribution in [3.63, 3.8) is 0 Å². The molecule has 0 amide bonds. The Balaban J connectivity index is 2.76. The summed E-state index contributed by atoms with van der Waals surface area (Å²) >= 11 is 7.68. The zero-order valence-electron chi connectivity index (χ0n) is 15.4. The van der Waals surface area contributed by atoms with Crippen molar-refractivity contribution in [3.8, 4) is 0 Å². The number of halogens is 1. The zero-order valence-corrected chi connectivity index (χ0v) is 17.0. The van der Waals surface area contributed by atoms with Crippen LogP contribution < -0.4 is 4.72 Å². The van der Waals surface area contributed by atoms with Crippen LogP contribution in [-0.2, 0) is 0 Å². The van der Waals surface area contributed by atoms with Crippen molar-refractivity contribution in [3.05, 3.63) is 22.1 Å². The Labute approximate surface area is 156 Å². The predicted molar refractivity (Wildman–Crippen MR) is 109 cm³/mol. The van der Waals surface area contributed by atoms with Gasteiger partial charge in [-0.15, -0.1) is 0 Å². The van der Waals surface area contributed by atoms with E-state index >= 15 is 0 Å². The standard InChI is InChI=1S/C17H30ClN5S/c1-6-8-9-16(14(3)18)24-21-17(19-10-11-22(4)5)23-13-15(7-2)12-20-23/h8-9,12,15H,6-7,10-11,13H2,1-5H3,(H,19,21)/b9-8-,16-14-. The van der Waals surface area contributed by atoms with Crippen molar-refractivity contribution in [2.24, 2.45) is 16.0 Å². The summed E-state index contributed by atoms with van der Waals surface area (Å²) in [6, 6.07) is 0. The average Bonchev–Trinajstić information content (AvgIpc) is 3.01. The third-order valence-corrected chi connectivity index (χ3v) is 4.76. The van der Waals surface area contributed by atoms with Crippen molar-refractivity contribution in [1.29, 1.82) is 0 Å². The second-order valence-electron chi connectivity index (χ2n) is 5.94. The fourth-order valence-electron chi connectivity index (χ4n) is 1.93. The Morgan fingerprint density at radius 3 is 2.79 bits per heavy atom. The maximum atomic E-state index is 6.19. The molecule has 0 aromatic heterocycles. The number of nitrogens with one attached hydrogen (secondary N) is 1. The van der Waals surface area contributed by atoms with Crippen LogP contribution in [0.2, 0.25) is 0 Å². The lowest BCUT2D eigenvalue weighted by Crippen LogP contribution is -2.35. The molecule has 5 nitrogen and oxygen atoms in total. The number of rotatable bonds is 8. The molecule has 1 heterocycles. The average molecular weight is 372 g/mol. The molecule has 1 N–H and O–H groups in total. The number of likely N-dealkylation sites (N-methyl/N-ethyl adjacent to an activating group) is 1. The lowest BCUT2D eigenvalue weighted by molar-refractivity contribution is 0.410. The van der Waals surface area contributed by atoms with Gasteiger partial charge in [-0.2, -0.15) is 5.10 Å². The Kier molecular flexibility index (Phi) is 10.1. The van der Waals surface area contributed by atoms with Gasteiger partial charge in [-0.25, -0.2) is 10.0 Å². The number of hydrogen-bond acceptors (Lipinski definition) is 4. The SMILES string of the molecule is CC/C=C\C(SNC(=NCCN(C)C)N1CC(CC)C=N1)=C(/C)Cl. The smallest absolute Gasteiger partial charge is 0.225 e. The van der Waals surface area contributed by atoms with Crippen LogP contribution in [-0.4, -0.2) is 55.8 Å². The molecule has 0 fully saturated rings. The quantitative estimate of drug-likeness (QED) is 0.304. The lowest BCUT2D eigenvalue weighted by Gasteiger charge is -2.19. The molecular weight excluding hydrogens is 342 g/mol. The molecule has 1 atom stereocenters. The molecule has 0 bridgehead atoms. The van der Waals surface area contributed by atoms with Gasteiger partial charge < -0.3 is 4.90 Å². The highest BCUT2D eigenvalue weighted by molar-refractivity contribution is 8.02. The maximum Gasteiger partial charge on any atom is 0.225 e. The van der Waals surface area contributed by atoms with Crippen LogP contribution >= 0.6 is 23.5 Å². The van der Waals surface area contributed by atoms with Crippen molar-refractivity contribution < 1.29 is 0 Å². The van der Waals surface area contributed by atoms with Crippen LogP contribution in [0, 0.1) is 5.92 Å². The Morgan fingerprint density at radius 2 is 2.25 bits per heavy atom. The van der Waals surface area contributed by atoms with Crippen LogP contribution in [0.4, 0.5) is 0 Å². The molecular formula is C17H30ClN5S.